The van der Waals surface area contributed by atoms with Crippen molar-refractivity contribution < 1.29 is 9.53 Å². The zero-order valence-electron chi connectivity index (χ0n) is 11.4. The number of nitrogens with zero attached hydrogens (tertiary/aromatic N) is 1. The Morgan fingerprint density at radius 1 is 1.37 bits per heavy atom. The number of nitrogens with two attached hydrogens (primary N) is 1. The van der Waals surface area contributed by atoms with Crippen molar-refractivity contribution in [3.8, 4) is 0 Å². The summed E-state index contributed by atoms with van der Waals surface area (Å²) in [5.41, 5.74) is 6.90. The molecule has 0 aliphatic carbocycles. The van der Waals surface area contributed by atoms with E-state index in [1.807, 2.05) is 37.3 Å². The molecule has 0 saturated carbocycles. The van der Waals surface area contributed by atoms with E-state index in [9.17, 15) is 4.79 Å². The van der Waals surface area contributed by atoms with Crippen molar-refractivity contribution in [1.29, 1.82) is 0 Å². The smallest absolute Gasteiger partial charge is 0.410 e. The Morgan fingerprint density at radius 3 is 2.58 bits per heavy atom. The fourth-order valence-corrected chi connectivity index (χ4v) is 2.42. The molecular weight excluding hydrogens is 240 g/mol. The molecule has 0 bridgehead atoms. The summed E-state index contributed by atoms with van der Waals surface area (Å²) in [6.07, 6.45) is 1.72. The van der Waals surface area contributed by atoms with Gasteiger partial charge in [-0.2, -0.15) is 0 Å². The number of rotatable bonds is 3. The molecule has 1 aromatic carbocycles. The average molecular weight is 262 g/mol. The first-order valence-corrected chi connectivity index (χ1v) is 6.88. The standard InChI is InChI=1S/C15H22N2O2/c1-12(16)14-7-9-17(10-8-14)15(18)19-11-13-5-3-2-4-6-13/h2-6,12,14H,7-11,16H2,1H3/t12-/m1/s1. The molecule has 4 nitrogen and oxygen atoms in total. The highest BCUT2D eigenvalue weighted by Crippen LogP contribution is 2.20. The summed E-state index contributed by atoms with van der Waals surface area (Å²) in [4.78, 5) is 13.7. The number of amides is 1. The van der Waals surface area contributed by atoms with Crippen molar-refractivity contribution in [2.24, 2.45) is 11.7 Å². The zero-order valence-corrected chi connectivity index (χ0v) is 11.4. The van der Waals surface area contributed by atoms with E-state index >= 15 is 0 Å². The van der Waals surface area contributed by atoms with E-state index in [4.69, 9.17) is 10.5 Å². The van der Waals surface area contributed by atoms with Gasteiger partial charge in [-0.1, -0.05) is 30.3 Å². The first-order valence-electron chi connectivity index (χ1n) is 6.88. The number of ether oxygens (including phenoxy) is 1. The summed E-state index contributed by atoms with van der Waals surface area (Å²) in [6.45, 7) is 3.88. The Balaban J connectivity index is 1.76. The van der Waals surface area contributed by atoms with E-state index in [-0.39, 0.29) is 12.1 Å². The lowest BCUT2D eigenvalue weighted by molar-refractivity contribution is 0.0803. The molecule has 104 valence electrons. The predicted octanol–water partition coefficient (Wildman–Crippen LogP) is 2.38. The molecule has 1 saturated heterocycles. The minimum atomic E-state index is -0.216. The molecular formula is C15H22N2O2. The van der Waals surface area contributed by atoms with Crippen LogP contribution >= 0.6 is 0 Å². The predicted molar refractivity (Wildman–Crippen MR) is 74.6 cm³/mol. The Hall–Kier alpha value is -1.55. The SMILES string of the molecule is C[C@@H](N)C1CCN(C(=O)OCc2ccccc2)CC1. The quantitative estimate of drug-likeness (QED) is 0.910. The van der Waals surface area contributed by atoms with Crippen LogP contribution in [0.4, 0.5) is 4.79 Å². The highest BCUT2D eigenvalue weighted by Gasteiger charge is 2.25. The summed E-state index contributed by atoms with van der Waals surface area (Å²) in [5.74, 6) is 0.526. The van der Waals surface area contributed by atoms with Gasteiger partial charge in [-0.25, -0.2) is 4.79 Å². The van der Waals surface area contributed by atoms with Crippen molar-refractivity contribution >= 4 is 6.09 Å². The van der Waals surface area contributed by atoms with Gasteiger partial charge in [0.25, 0.3) is 0 Å². The number of likely N-dealkylation sites (tertiary alicyclic amines) is 1. The molecule has 0 spiro atoms. The minimum Gasteiger partial charge on any atom is -0.445 e. The van der Waals surface area contributed by atoms with Gasteiger partial charge in [0.1, 0.15) is 6.61 Å². The summed E-state index contributed by atoms with van der Waals surface area (Å²) >= 11 is 0. The number of piperidine rings is 1. The lowest BCUT2D eigenvalue weighted by Crippen LogP contribution is -2.42. The lowest BCUT2D eigenvalue weighted by atomic mass is 9.91. The van der Waals surface area contributed by atoms with Crippen molar-refractivity contribution in [2.75, 3.05) is 13.1 Å². The van der Waals surface area contributed by atoms with Gasteiger partial charge in [-0.15, -0.1) is 0 Å². The molecule has 2 N–H and O–H groups in total. The second-order valence-electron chi connectivity index (χ2n) is 5.22. The van der Waals surface area contributed by atoms with Gasteiger partial charge >= 0.3 is 6.09 Å². The van der Waals surface area contributed by atoms with Crippen LogP contribution in [0.5, 0.6) is 0 Å². The van der Waals surface area contributed by atoms with Crippen molar-refractivity contribution in [1.82, 2.24) is 4.90 Å². The van der Waals surface area contributed by atoms with Gasteiger partial charge in [0.05, 0.1) is 0 Å². The Kier molecular flexibility index (Phi) is 4.80. The van der Waals surface area contributed by atoms with Crippen LogP contribution in [0.2, 0.25) is 0 Å². The van der Waals surface area contributed by atoms with Gasteiger partial charge < -0.3 is 15.4 Å². The highest BCUT2D eigenvalue weighted by molar-refractivity contribution is 5.67. The number of benzene rings is 1. The number of hydrogen-bond donors (Lipinski definition) is 1. The summed E-state index contributed by atoms with van der Waals surface area (Å²) in [6, 6.07) is 9.95. The highest BCUT2D eigenvalue weighted by atomic mass is 16.6. The maximum Gasteiger partial charge on any atom is 0.410 e. The third-order valence-corrected chi connectivity index (χ3v) is 3.75. The maximum atomic E-state index is 11.9. The first-order chi connectivity index (χ1) is 9.16. The van der Waals surface area contributed by atoms with Crippen molar-refractivity contribution in [3.05, 3.63) is 35.9 Å². The third-order valence-electron chi connectivity index (χ3n) is 3.75. The molecule has 0 unspecified atom stereocenters. The molecule has 1 atom stereocenters. The fraction of sp³-hybridized carbons (Fsp3) is 0.533. The molecule has 19 heavy (non-hydrogen) atoms. The number of carbonyl (C=O) groups is 1. The largest absolute Gasteiger partial charge is 0.445 e. The topological polar surface area (TPSA) is 55.6 Å². The molecule has 0 aromatic heterocycles. The number of hydrogen-bond acceptors (Lipinski definition) is 3. The zero-order chi connectivity index (χ0) is 13.7. The molecule has 1 amide bonds. The summed E-state index contributed by atoms with van der Waals surface area (Å²) < 4.78 is 5.32. The van der Waals surface area contributed by atoms with Crippen LogP contribution in [0.25, 0.3) is 0 Å². The number of carbonyl (C=O) groups excluding carboxylic acids is 1. The van der Waals surface area contributed by atoms with E-state index in [1.165, 1.54) is 0 Å². The van der Waals surface area contributed by atoms with Crippen LogP contribution < -0.4 is 5.73 Å². The van der Waals surface area contributed by atoms with E-state index in [1.54, 1.807) is 4.90 Å². The molecule has 1 fully saturated rings. The molecule has 1 aliphatic rings. The molecule has 2 rings (SSSR count). The van der Waals surface area contributed by atoms with Gasteiger partial charge in [0, 0.05) is 19.1 Å². The second kappa shape index (κ2) is 6.57. The fourth-order valence-electron chi connectivity index (χ4n) is 2.42. The Bertz CT molecular complexity index is 398. The van der Waals surface area contributed by atoms with Crippen LogP contribution in [0, 0.1) is 5.92 Å². The van der Waals surface area contributed by atoms with Crippen molar-refractivity contribution in [3.63, 3.8) is 0 Å². The van der Waals surface area contributed by atoms with E-state index in [2.05, 4.69) is 0 Å². The third kappa shape index (κ3) is 3.96. The Morgan fingerprint density at radius 2 is 2.00 bits per heavy atom. The monoisotopic (exact) mass is 262 g/mol. The van der Waals surface area contributed by atoms with Crippen LogP contribution in [-0.4, -0.2) is 30.1 Å². The first kappa shape index (κ1) is 13.9. The second-order valence-corrected chi connectivity index (χ2v) is 5.22. The molecule has 0 radical (unpaired) electrons. The minimum absolute atomic E-state index is 0.211. The van der Waals surface area contributed by atoms with Crippen molar-refractivity contribution in [2.45, 2.75) is 32.4 Å². The van der Waals surface area contributed by atoms with Gasteiger partial charge in [-0.05, 0) is 31.2 Å². The molecule has 4 heteroatoms. The lowest BCUT2D eigenvalue weighted by Gasteiger charge is -2.33. The van der Waals surface area contributed by atoms with Crippen LogP contribution in [0.1, 0.15) is 25.3 Å². The van der Waals surface area contributed by atoms with E-state index in [0.29, 0.717) is 12.5 Å². The van der Waals surface area contributed by atoms with E-state index < -0.39 is 0 Å². The molecule has 1 heterocycles. The normalized spacial score (nSPS) is 18.1. The van der Waals surface area contributed by atoms with Crippen LogP contribution in [0.3, 0.4) is 0 Å². The van der Waals surface area contributed by atoms with Crippen LogP contribution in [-0.2, 0) is 11.3 Å². The van der Waals surface area contributed by atoms with Crippen LogP contribution in [0.15, 0.2) is 30.3 Å². The summed E-state index contributed by atoms with van der Waals surface area (Å²) in [5, 5.41) is 0. The summed E-state index contributed by atoms with van der Waals surface area (Å²) in [7, 11) is 0. The van der Waals surface area contributed by atoms with Gasteiger partial charge in [0.15, 0.2) is 0 Å². The average Bonchev–Trinajstić information content (AvgIpc) is 2.46. The van der Waals surface area contributed by atoms with E-state index in [0.717, 1.165) is 31.5 Å². The van der Waals surface area contributed by atoms with Gasteiger partial charge in [0.2, 0.25) is 0 Å². The maximum absolute atomic E-state index is 11.9. The molecule has 1 aromatic rings. The Labute approximate surface area is 114 Å². The molecule has 1 aliphatic heterocycles. The van der Waals surface area contributed by atoms with Gasteiger partial charge in [-0.3, -0.25) is 0 Å².